The molecule has 2 aromatic carbocycles. The number of phenols is 1. The summed E-state index contributed by atoms with van der Waals surface area (Å²) in [5.74, 6) is -1.89. The number of phenolic OH excluding ortho intramolecular Hbond substituents is 1. The number of hydrogen-bond donors (Lipinski definition) is 3. The smallest absolute Gasteiger partial charge is 0.284 e. The van der Waals surface area contributed by atoms with Gasteiger partial charge in [-0.15, -0.1) is 0 Å². The minimum atomic E-state index is -0.602. The summed E-state index contributed by atoms with van der Waals surface area (Å²) in [6.07, 6.45) is 4.93. The summed E-state index contributed by atoms with van der Waals surface area (Å²) in [5, 5.41) is 16.6. The van der Waals surface area contributed by atoms with Gasteiger partial charge in [0.1, 0.15) is 11.4 Å². The Kier molecular flexibility index (Phi) is 9.80. The zero-order valence-corrected chi connectivity index (χ0v) is 21.0. The molecule has 0 saturated carbocycles. The van der Waals surface area contributed by atoms with Gasteiger partial charge >= 0.3 is 0 Å². The lowest BCUT2D eigenvalue weighted by atomic mass is 10.1. The van der Waals surface area contributed by atoms with Crippen LogP contribution >= 0.6 is 0 Å². The molecule has 2 aromatic rings. The van der Waals surface area contributed by atoms with Crippen LogP contribution in [0.3, 0.4) is 0 Å². The molecule has 36 heavy (non-hydrogen) atoms. The summed E-state index contributed by atoms with van der Waals surface area (Å²) in [5.41, 5.74) is 1.30. The van der Waals surface area contributed by atoms with E-state index in [0.29, 0.717) is 5.69 Å². The Balaban J connectivity index is 0.00000222. The number of aromatic hydroxyl groups is 1. The van der Waals surface area contributed by atoms with E-state index in [9.17, 15) is 19.5 Å². The van der Waals surface area contributed by atoms with Gasteiger partial charge < -0.3 is 20.6 Å². The fraction of sp³-hybridized carbons (Fsp3) is 0.179. The Hall–Kier alpha value is -4.59. The maximum atomic E-state index is 13.3. The second-order valence-electron chi connectivity index (χ2n) is 7.59. The molecule has 0 aliphatic carbocycles. The molecule has 3 N–H and O–H groups in total. The van der Waals surface area contributed by atoms with Crippen molar-refractivity contribution in [1.82, 2.24) is 10.2 Å². The summed E-state index contributed by atoms with van der Waals surface area (Å²) in [4.78, 5) is 41.4. The zero-order valence-electron chi connectivity index (χ0n) is 21.0. The van der Waals surface area contributed by atoms with Crippen molar-refractivity contribution in [3.63, 3.8) is 0 Å². The third-order valence-corrected chi connectivity index (χ3v) is 5.09. The molecule has 0 saturated heterocycles. The van der Waals surface area contributed by atoms with Gasteiger partial charge in [0.25, 0.3) is 17.7 Å². The van der Waals surface area contributed by atoms with E-state index in [4.69, 9.17) is 0 Å². The number of carbonyl (C=O) groups is 3. The minimum Gasteiger partial charge on any atom is -0.505 e. The molecular weight excluding hydrogens is 456 g/mol. The van der Waals surface area contributed by atoms with Crippen LogP contribution in [0.15, 0.2) is 96.9 Å². The molecule has 1 aliphatic heterocycles. The molecule has 1 aliphatic rings. The van der Waals surface area contributed by atoms with Crippen molar-refractivity contribution in [3.05, 3.63) is 102 Å². The highest BCUT2D eigenvalue weighted by Gasteiger charge is 2.40. The van der Waals surface area contributed by atoms with Gasteiger partial charge in [0.2, 0.25) is 0 Å². The Morgan fingerprint density at radius 1 is 1.00 bits per heavy atom. The maximum absolute atomic E-state index is 13.3. The van der Waals surface area contributed by atoms with Crippen LogP contribution in [0.4, 0.5) is 11.4 Å². The van der Waals surface area contributed by atoms with Crippen LogP contribution < -0.4 is 15.5 Å². The van der Waals surface area contributed by atoms with Crippen LogP contribution in [0.25, 0.3) is 0 Å². The summed E-state index contributed by atoms with van der Waals surface area (Å²) < 4.78 is 0. The van der Waals surface area contributed by atoms with Gasteiger partial charge in [-0.2, -0.15) is 0 Å². The maximum Gasteiger partial charge on any atom is 0.284 e. The highest BCUT2D eigenvalue weighted by Crippen LogP contribution is 2.32. The molecule has 3 amide bonds. The van der Waals surface area contributed by atoms with Crippen molar-refractivity contribution in [2.45, 2.75) is 13.8 Å². The molecule has 8 heteroatoms. The molecule has 0 atom stereocenters. The summed E-state index contributed by atoms with van der Waals surface area (Å²) in [6.45, 7) is 11.6. The third-order valence-electron chi connectivity index (χ3n) is 5.09. The standard InChI is InChI=1S/C26H26N4O4.C2H6/c1-5-11-17(6-2)16-27-21-22(26(34)30(25(21)33)18-12-8-7-9-13-18)28-20-15-10-14-19(23(20)31)24(32)29(3)4;1-2/h5-15,27-28,31H,1-2,16H2,3-4H3;1-2H3/b17-11+;. The SMILES string of the molecule is C=C/C=C(\C=C)CNC1=C(Nc2cccc(C(=O)N(C)C)c2O)C(=O)N(c2ccccc2)C1=O.CC. The largest absolute Gasteiger partial charge is 0.505 e. The number of hydrogen-bond acceptors (Lipinski definition) is 6. The molecular formula is C28H32N4O4. The average Bonchev–Trinajstić information content (AvgIpc) is 3.12. The molecule has 0 spiro atoms. The number of imide groups is 1. The molecule has 0 unspecified atom stereocenters. The number of nitrogens with zero attached hydrogens (tertiary/aromatic N) is 2. The van der Waals surface area contributed by atoms with E-state index in [2.05, 4.69) is 23.8 Å². The van der Waals surface area contributed by atoms with E-state index in [1.165, 1.54) is 17.0 Å². The quantitative estimate of drug-likeness (QED) is 0.278. The molecule has 3 rings (SSSR count). The first-order chi connectivity index (χ1) is 17.3. The van der Waals surface area contributed by atoms with Gasteiger partial charge in [-0.1, -0.05) is 69.5 Å². The third kappa shape index (κ3) is 5.90. The number of carbonyl (C=O) groups excluding carboxylic acids is 3. The van der Waals surface area contributed by atoms with Gasteiger partial charge in [0.05, 0.1) is 16.9 Å². The predicted molar refractivity (Wildman–Crippen MR) is 144 cm³/mol. The Morgan fingerprint density at radius 3 is 2.22 bits per heavy atom. The van der Waals surface area contributed by atoms with Crippen molar-refractivity contribution in [1.29, 1.82) is 0 Å². The van der Waals surface area contributed by atoms with Crippen molar-refractivity contribution < 1.29 is 19.5 Å². The predicted octanol–water partition coefficient (Wildman–Crippen LogP) is 4.21. The number of para-hydroxylation sites is 2. The Bertz CT molecular complexity index is 1210. The first-order valence-electron chi connectivity index (χ1n) is 11.5. The fourth-order valence-corrected chi connectivity index (χ4v) is 3.35. The zero-order chi connectivity index (χ0) is 26.8. The van der Waals surface area contributed by atoms with Crippen molar-refractivity contribution >= 4 is 29.1 Å². The Morgan fingerprint density at radius 2 is 1.64 bits per heavy atom. The second-order valence-corrected chi connectivity index (χ2v) is 7.59. The lowest BCUT2D eigenvalue weighted by Gasteiger charge is -2.16. The van der Waals surface area contributed by atoms with Crippen molar-refractivity contribution in [2.75, 3.05) is 30.9 Å². The van der Waals surface area contributed by atoms with Crippen LogP contribution in [0.1, 0.15) is 24.2 Å². The summed E-state index contributed by atoms with van der Waals surface area (Å²) >= 11 is 0. The van der Waals surface area contributed by atoms with Crippen LogP contribution in [-0.2, 0) is 9.59 Å². The van der Waals surface area contributed by atoms with Crippen LogP contribution in [-0.4, -0.2) is 48.4 Å². The van der Waals surface area contributed by atoms with Gasteiger partial charge in [-0.25, -0.2) is 4.90 Å². The molecule has 0 bridgehead atoms. The first-order valence-corrected chi connectivity index (χ1v) is 11.5. The number of allylic oxidation sites excluding steroid dienone is 2. The van der Waals surface area contributed by atoms with E-state index in [-0.39, 0.29) is 34.9 Å². The number of nitrogens with one attached hydrogen (secondary N) is 2. The summed E-state index contributed by atoms with van der Waals surface area (Å²) in [7, 11) is 3.13. The number of amides is 3. The molecule has 0 aromatic heterocycles. The van der Waals surface area contributed by atoms with Gasteiger partial charge in [-0.3, -0.25) is 14.4 Å². The van der Waals surface area contributed by atoms with E-state index in [1.807, 2.05) is 13.8 Å². The van der Waals surface area contributed by atoms with E-state index in [0.717, 1.165) is 10.5 Å². The number of benzene rings is 2. The number of anilines is 2. The lowest BCUT2D eigenvalue weighted by molar-refractivity contribution is -0.120. The minimum absolute atomic E-state index is 0.0226. The van der Waals surface area contributed by atoms with Crippen molar-refractivity contribution in [3.8, 4) is 5.75 Å². The van der Waals surface area contributed by atoms with Crippen LogP contribution in [0.5, 0.6) is 5.75 Å². The monoisotopic (exact) mass is 488 g/mol. The lowest BCUT2D eigenvalue weighted by Crippen LogP contribution is -2.34. The van der Waals surface area contributed by atoms with Crippen molar-refractivity contribution in [2.24, 2.45) is 0 Å². The van der Waals surface area contributed by atoms with E-state index < -0.39 is 17.7 Å². The highest BCUT2D eigenvalue weighted by atomic mass is 16.3. The molecule has 8 nitrogen and oxygen atoms in total. The van der Waals surface area contributed by atoms with Gasteiger partial charge in [0, 0.05) is 20.6 Å². The first kappa shape index (κ1) is 27.7. The van der Waals surface area contributed by atoms with E-state index >= 15 is 0 Å². The molecule has 0 fully saturated rings. The highest BCUT2D eigenvalue weighted by molar-refractivity contribution is 6.33. The fourth-order valence-electron chi connectivity index (χ4n) is 3.35. The molecule has 1 heterocycles. The van der Waals surface area contributed by atoms with Gasteiger partial charge in [0.15, 0.2) is 5.75 Å². The number of rotatable bonds is 9. The van der Waals surface area contributed by atoms with E-state index in [1.54, 1.807) is 68.7 Å². The molecule has 188 valence electrons. The summed E-state index contributed by atoms with van der Waals surface area (Å²) in [6, 6.07) is 13.1. The van der Waals surface area contributed by atoms with Crippen LogP contribution in [0.2, 0.25) is 0 Å². The van der Waals surface area contributed by atoms with Crippen LogP contribution in [0, 0.1) is 0 Å². The van der Waals surface area contributed by atoms with Gasteiger partial charge in [-0.05, 0) is 29.8 Å². The molecule has 0 radical (unpaired) electrons. The second kappa shape index (κ2) is 12.8. The average molecular weight is 489 g/mol. The topological polar surface area (TPSA) is 102 Å². The normalized spacial score (nSPS) is 13.1. The Labute approximate surface area is 211 Å².